The lowest BCUT2D eigenvalue weighted by molar-refractivity contribution is 0.250. The molecule has 1 unspecified atom stereocenters. The highest BCUT2D eigenvalue weighted by molar-refractivity contribution is 7.91. The molecule has 1 atom stereocenters. The second-order valence-electron chi connectivity index (χ2n) is 7.22. The molecule has 0 amide bonds. The van der Waals surface area contributed by atoms with Gasteiger partial charge in [0.25, 0.3) is 0 Å². The molecule has 2 N–H and O–H groups in total. The Hall–Kier alpha value is -0.780. The molecule has 128 valence electrons. The van der Waals surface area contributed by atoms with Crippen LogP contribution in [0.15, 0.2) is 4.99 Å². The SMILES string of the molecule is CN=C(NCC1CCS(=O)(=O)C1)NC1CCC(C(C)C)CC1. The Morgan fingerprint density at radius 3 is 2.36 bits per heavy atom. The molecule has 0 aromatic carbocycles. The Morgan fingerprint density at radius 2 is 1.86 bits per heavy atom. The predicted molar refractivity (Wildman–Crippen MR) is 91.8 cm³/mol. The summed E-state index contributed by atoms with van der Waals surface area (Å²) in [5.41, 5.74) is 0. The standard InChI is InChI=1S/C16H31N3O2S/c1-12(2)14-4-6-15(7-5-14)19-16(17-3)18-10-13-8-9-22(20,21)11-13/h12-15H,4-11H2,1-3H3,(H2,17,18,19). The van der Waals surface area contributed by atoms with Gasteiger partial charge in [-0.2, -0.15) is 0 Å². The van der Waals surface area contributed by atoms with E-state index in [2.05, 4.69) is 29.5 Å². The summed E-state index contributed by atoms with van der Waals surface area (Å²) >= 11 is 0. The monoisotopic (exact) mass is 329 g/mol. The minimum Gasteiger partial charge on any atom is -0.356 e. The van der Waals surface area contributed by atoms with E-state index in [1.165, 1.54) is 25.7 Å². The Morgan fingerprint density at radius 1 is 1.18 bits per heavy atom. The molecule has 1 saturated carbocycles. The molecule has 1 saturated heterocycles. The zero-order valence-electron chi connectivity index (χ0n) is 14.1. The highest BCUT2D eigenvalue weighted by Crippen LogP contribution is 2.29. The molecule has 5 nitrogen and oxygen atoms in total. The topological polar surface area (TPSA) is 70.6 Å². The molecule has 22 heavy (non-hydrogen) atoms. The quantitative estimate of drug-likeness (QED) is 0.609. The molecule has 0 radical (unpaired) electrons. The zero-order chi connectivity index (χ0) is 16.2. The van der Waals surface area contributed by atoms with Gasteiger partial charge in [-0.3, -0.25) is 4.99 Å². The largest absolute Gasteiger partial charge is 0.356 e. The van der Waals surface area contributed by atoms with Crippen molar-refractivity contribution in [3.8, 4) is 0 Å². The van der Waals surface area contributed by atoms with Crippen LogP contribution in [0.25, 0.3) is 0 Å². The van der Waals surface area contributed by atoms with Gasteiger partial charge < -0.3 is 10.6 Å². The third kappa shape index (κ3) is 5.14. The molecule has 6 heteroatoms. The zero-order valence-corrected chi connectivity index (χ0v) is 15.0. The van der Waals surface area contributed by atoms with Crippen molar-refractivity contribution < 1.29 is 8.42 Å². The first-order valence-electron chi connectivity index (χ1n) is 8.57. The van der Waals surface area contributed by atoms with E-state index in [1.807, 2.05) is 0 Å². The molecule has 2 fully saturated rings. The minimum atomic E-state index is -2.79. The van der Waals surface area contributed by atoms with Gasteiger partial charge >= 0.3 is 0 Å². The molecule has 0 aromatic rings. The van der Waals surface area contributed by atoms with Crippen LogP contribution < -0.4 is 10.6 Å². The van der Waals surface area contributed by atoms with Crippen molar-refractivity contribution in [2.24, 2.45) is 22.7 Å². The summed E-state index contributed by atoms with van der Waals surface area (Å²) in [6.45, 7) is 5.32. The number of aliphatic imine (C=N–C) groups is 1. The number of rotatable bonds is 4. The maximum atomic E-state index is 11.5. The fourth-order valence-electron chi connectivity index (χ4n) is 3.59. The van der Waals surface area contributed by atoms with Crippen LogP contribution in [0.3, 0.4) is 0 Å². The van der Waals surface area contributed by atoms with Gasteiger partial charge in [0.2, 0.25) is 0 Å². The summed E-state index contributed by atoms with van der Waals surface area (Å²) in [4.78, 5) is 4.28. The van der Waals surface area contributed by atoms with Gasteiger partial charge in [-0.05, 0) is 49.9 Å². The Balaban J connectivity index is 1.72. The molecule has 1 aliphatic carbocycles. The van der Waals surface area contributed by atoms with E-state index in [9.17, 15) is 8.42 Å². The maximum Gasteiger partial charge on any atom is 0.191 e. The number of hydrogen-bond acceptors (Lipinski definition) is 3. The molecular weight excluding hydrogens is 298 g/mol. The molecule has 1 aliphatic heterocycles. The fourth-order valence-corrected chi connectivity index (χ4v) is 5.45. The first kappa shape index (κ1) is 17.6. The van der Waals surface area contributed by atoms with Crippen LogP contribution in [0.1, 0.15) is 46.0 Å². The summed E-state index contributed by atoms with van der Waals surface area (Å²) in [7, 11) is -1.01. The van der Waals surface area contributed by atoms with Crippen LogP contribution in [0.2, 0.25) is 0 Å². The number of sulfone groups is 1. The van der Waals surface area contributed by atoms with Crippen molar-refractivity contribution in [1.29, 1.82) is 0 Å². The maximum absolute atomic E-state index is 11.5. The van der Waals surface area contributed by atoms with Crippen LogP contribution in [0.4, 0.5) is 0 Å². The van der Waals surface area contributed by atoms with Crippen molar-refractivity contribution in [3.63, 3.8) is 0 Å². The number of guanidine groups is 1. The van der Waals surface area contributed by atoms with Crippen molar-refractivity contribution in [1.82, 2.24) is 10.6 Å². The van der Waals surface area contributed by atoms with Crippen molar-refractivity contribution >= 4 is 15.8 Å². The summed E-state index contributed by atoms with van der Waals surface area (Å²) < 4.78 is 23.0. The summed E-state index contributed by atoms with van der Waals surface area (Å²) in [6.07, 6.45) is 5.73. The summed E-state index contributed by atoms with van der Waals surface area (Å²) in [5.74, 6) is 3.33. The molecule has 2 rings (SSSR count). The van der Waals surface area contributed by atoms with E-state index in [1.54, 1.807) is 7.05 Å². The molecule has 0 aromatic heterocycles. The number of nitrogens with zero attached hydrogens (tertiary/aromatic N) is 1. The predicted octanol–water partition coefficient (Wildman–Crippen LogP) is 1.80. The van der Waals surface area contributed by atoms with Crippen LogP contribution in [0.5, 0.6) is 0 Å². The average molecular weight is 330 g/mol. The lowest BCUT2D eigenvalue weighted by Gasteiger charge is -2.32. The van der Waals surface area contributed by atoms with Crippen LogP contribution in [-0.2, 0) is 9.84 Å². The highest BCUT2D eigenvalue weighted by atomic mass is 32.2. The van der Waals surface area contributed by atoms with Crippen LogP contribution in [0, 0.1) is 17.8 Å². The van der Waals surface area contributed by atoms with Crippen molar-refractivity contribution in [2.75, 3.05) is 25.1 Å². The average Bonchev–Trinajstić information content (AvgIpc) is 2.83. The third-order valence-electron chi connectivity index (χ3n) is 5.16. The molecule has 2 aliphatic rings. The van der Waals surface area contributed by atoms with Gasteiger partial charge in [-0.25, -0.2) is 8.42 Å². The van der Waals surface area contributed by atoms with E-state index in [-0.39, 0.29) is 5.92 Å². The highest BCUT2D eigenvalue weighted by Gasteiger charge is 2.28. The lowest BCUT2D eigenvalue weighted by atomic mass is 9.80. The van der Waals surface area contributed by atoms with Crippen LogP contribution in [-0.4, -0.2) is 45.5 Å². The summed E-state index contributed by atoms with van der Waals surface area (Å²) in [5, 5.41) is 6.80. The van der Waals surface area contributed by atoms with E-state index < -0.39 is 9.84 Å². The van der Waals surface area contributed by atoms with Gasteiger partial charge in [0.1, 0.15) is 0 Å². The van der Waals surface area contributed by atoms with E-state index >= 15 is 0 Å². The van der Waals surface area contributed by atoms with Gasteiger partial charge in [0, 0.05) is 19.6 Å². The molecule has 0 bridgehead atoms. The Kier molecular flexibility index (Phi) is 6.12. The van der Waals surface area contributed by atoms with E-state index in [0.29, 0.717) is 24.1 Å². The lowest BCUT2D eigenvalue weighted by Crippen LogP contribution is -2.46. The minimum absolute atomic E-state index is 0.222. The first-order valence-corrected chi connectivity index (χ1v) is 10.4. The van der Waals surface area contributed by atoms with Gasteiger partial charge in [-0.1, -0.05) is 13.8 Å². The number of hydrogen-bond donors (Lipinski definition) is 2. The normalized spacial score (nSPS) is 32.2. The van der Waals surface area contributed by atoms with Crippen molar-refractivity contribution in [3.05, 3.63) is 0 Å². The van der Waals surface area contributed by atoms with Gasteiger partial charge in [-0.15, -0.1) is 0 Å². The second-order valence-corrected chi connectivity index (χ2v) is 9.45. The second kappa shape index (κ2) is 7.66. The Labute approximate surface area is 135 Å². The molecular formula is C16H31N3O2S. The third-order valence-corrected chi connectivity index (χ3v) is 7.00. The first-order chi connectivity index (χ1) is 10.4. The van der Waals surface area contributed by atoms with Gasteiger partial charge in [0.15, 0.2) is 15.8 Å². The fraction of sp³-hybridized carbons (Fsp3) is 0.938. The van der Waals surface area contributed by atoms with Crippen LogP contribution >= 0.6 is 0 Å². The Bertz CT molecular complexity index is 480. The summed E-state index contributed by atoms with van der Waals surface area (Å²) in [6, 6.07) is 0.494. The smallest absolute Gasteiger partial charge is 0.191 e. The van der Waals surface area contributed by atoms with Gasteiger partial charge in [0.05, 0.1) is 11.5 Å². The van der Waals surface area contributed by atoms with E-state index in [4.69, 9.17) is 0 Å². The van der Waals surface area contributed by atoms with E-state index in [0.717, 1.165) is 24.2 Å². The molecule has 1 heterocycles. The number of nitrogens with one attached hydrogen (secondary N) is 2. The molecule has 0 spiro atoms. The van der Waals surface area contributed by atoms with Crippen molar-refractivity contribution in [2.45, 2.75) is 52.0 Å².